The van der Waals surface area contributed by atoms with Crippen molar-refractivity contribution in [1.29, 1.82) is 0 Å². The van der Waals surface area contributed by atoms with E-state index >= 15 is 0 Å². The molecule has 1 aromatic heterocycles. The van der Waals surface area contributed by atoms with Gasteiger partial charge in [-0.25, -0.2) is 0 Å². The molecule has 0 amide bonds. The van der Waals surface area contributed by atoms with Crippen LogP contribution in [0, 0.1) is 11.8 Å². The second-order valence-corrected chi connectivity index (χ2v) is 5.20. The van der Waals surface area contributed by atoms with Crippen molar-refractivity contribution >= 4 is 11.3 Å². The maximum Gasteiger partial charge on any atom is 0.161 e. The lowest BCUT2D eigenvalue weighted by molar-refractivity contribution is 0.275. The summed E-state index contributed by atoms with van der Waals surface area (Å²) in [6.45, 7) is 0.730. The molecule has 1 heterocycles. The van der Waals surface area contributed by atoms with E-state index in [1.807, 2.05) is 11.4 Å². The molecule has 0 fully saturated rings. The van der Waals surface area contributed by atoms with Crippen LogP contribution in [0.5, 0.6) is 11.5 Å². The molecule has 1 aromatic carbocycles. The Labute approximate surface area is 128 Å². The largest absolute Gasteiger partial charge is 0.493 e. The van der Waals surface area contributed by atoms with Gasteiger partial charge in [0.25, 0.3) is 0 Å². The van der Waals surface area contributed by atoms with Gasteiger partial charge in [-0.05, 0) is 29.1 Å². The molecule has 5 heteroatoms. The molecule has 0 aliphatic rings. The van der Waals surface area contributed by atoms with E-state index in [0.717, 1.165) is 16.0 Å². The van der Waals surface area contributed by atoms with Crippen LogP contribution in [-0.2, 0) is 13.2 Å². The zero-order valence-electron chi connectivity index (χ0n) is 11.8. The molecule has 0 saturated heterocycles. The van der Waals surface area contributed by atoms with E-state index < -0.39 is 0 Å². The lowest BCUT2D eigenvalue weighted by Crippen LogP contribution is -1.99. The number of rotatable bonds is 5. The molecule has 0 aliphatic heterocycles. The summed E-state index contributed by atoms with van der Waals surface area (Å²) in [6.07, 6.45) is 0. The Kier molecular flexibility index (Phi) is 5.64. The van der Waals surface area contributed by atoms with E-state index in [1.165, 1.54) is 0 Å². The van der Waals surface area contributed by atoms with Gasteiger partial charge in [-0.1, -0.05) is 17.9 Å². The molecular weight excluding hydrogens is 286 g/mol. The summed E-state index contributed by atoms with van der Waals surface area (Å²) in [5.41, 5.74) is 7.11. The van der Waals surface area contributed by atoms with Crippen molar-refractivity contribution in [3.8, 4) is 23.3 Å². The van der Waals surface area contributed by atoms with Crippen LogP contribution in [0.1, 0.15) is 16.0 Å². The number of aliphatic hydroxyl groups excluding tert-OH is 1. The highest BCUT2D eigenvalue weighted by Crippen LogP contribution is 2.29. The standard InChI is InChI=1S/C16H17NO3S/c1-19-15-9-12(10-18)4-5-14(15)20-11-16-13(3-2-7-17)6-8-21-16/h4-6,8-9,18H,7,10-11,17H2,1H3. The normalized spacial score (nSPS) is 9.86. The Bertz CT molecular complexity index is 655. The van der Waals surface area contributed by atoms with Crippen molar-refractivity contribution in [3.63, 3.8) is 0 Å². The fourth-order valence-corrected chi connectivity index (χ4v) is 2.52. The van der Waals surface area contributed by atoms with E-state index in [4.69, 9.17) is 20.3 Å². The van der Waals surface area contributed by atoms with Gasteiger partial charge >= 0.3 is 0 Å². The molecule has 4 nitrogen and oxygen atoms in total. The first kappa shape index (κ1) is 15.4. The van der Waals surface area contributed by atoms with Crippen molar-refractivity contribution in [3.05, 3.63) is 45.6 Å². The average molecular weight is 303 g/mol. The minimum Gasteiger partial charge on any atom is -0.493 e. The fourth-order valence-electron chi connectivity index (χ4n) is 1.78. The Hall–Kier alpha value is -2.00. The highest BCUT2D eigenvalue weighted by molar-refractivity contribution is 7.10. The third kappa shape index (κ3) is 3.99. The third-order valence-corrected chi connectivity index (χ3v) is 3.73. The lowest BCUT2D eigenvalue weighted by Gasteiger charge is -2.11. The highest BCUT2D eigenvalue weighted by atomic mass is 32.1. The number of hydrogen-bond acceptors (Lipinski definition) is 5. The van der Waals surface area contributed by atoms with E-state index in [-0.39, 0.29) is 6.61 Å². The summed E-state index contributed by atoms with van der Waals surface area (Å²) in [5.74, 6) is 7.11. The van der Waals surface area contributed by atoms with Gasteiger partial charge in [-0.15, -0.1) is 11.3 Å². The van der Waals surface area contributed by atoms with Gasteiger partial charge in [0.15, 0.2) is 11.5 Å². The number of ether oxygens (including phenoxy) is 2. The van der Waals surface area contributed by atoms with Crippen molar-refractivity contribution < 1.29 is 14.6 Å². The Morgan fingerprint density at radius 1 is 1.29 bits per heavy atom. The van der Waals surface area contributed by atoms with Crippen LogP contribution >= 0.6 is 11.3 Å². The lowest BCUT2D eigenvalue weighted by atomic mass is 10.2. The van der Waals surface area contributed by atoms with Gasteiger partial charge < -0.3 is 20.3 Å². The second-order valence-electron chi connectivity index (χ2n) is 4.20. The molecule has 0 unspecified atom stereocenters. The van der Waals surface area contributed by atoms with E-state index in [1.54, 1.807) is 36.6 Å². The van der Waals surface area contributed by atoms with Crippen molar-refractivity contribution in [1.82, 2.24) is 0 Å². The van der Waals surface area contributed by atoms with Gasteiger partial charge in [-0.3, -0.25) is 0 Å². The van der Waals surface area contributed by atoms with E-state index in [9.17, 15) is 0 Å². The smallest absolute Gasteiger partial charge is 0.161 e. The quantitative estimate of drug-likeness (QED) is 0.831. The van der Waals surface area contributed by atoms with E-state index in [2.05, 4.69) is 11.8 Å². The number of hydrogen-bond donors (Lipinski definition) is 2. The molecule has 0 spiro atoms. The topological polar surface area (TPSA) is 64.7 Å². The first-order valence-corrected chi connectivity index (χ1v) is 7.32. The maximum atomic E-state index is 9.13. The van der Waals surface area contributed by atoms with Crippen LogP contribution in [0.25, 0.3) is 0 Å². The monoisotopic (exact) mass is 303 g/mol. The molecule has 3 N–H and O–H groups in total. The minimum absolute atomic E-state index is 0.0274. The molecule has 0 atom stereocenters. The summed E-state index contributed by atoms with van der Waals surface area (Å²) in [4.78, 5) is 1.05. The van der Waals surface area contributed by atoms with Crippen LogP contribution < -0.4 is 15.2 Å². The average Bonchev–Trinajstić information content (AvgIpc) is 2.98. The molecule has 2 rings (SSSR count). The molecule has 0 bridgehead atoms. The van der Waals surface area contributed by atoms with Gasteiger partial charge in [0, 0.05) is 5.56 Å². The molecule has 0 saturated carbocycles. The minimum atomic E-state index is -0.0274. The van der Waals surface area contributed by atoms with Crippen molar-refractivity contribution in [2.24, 2.45) is 5.73 Å². The third-order valence-electron chi connectivity index (χ3n) is 2.84. The molecule has 0 aliphatic carbocycles. The summed E-state index contributed by atoms with van der Waals surface area (Å²) >= 11 is 1.59. The number of methoxy groups -OCH3 is 1. The molecule has 21 heavy (non-hydrogen) atoms. The second kappa shape index (κ2) is 7.70. The molecular formula is C16H17NO3S. The van der Waals surface area contributed by atoms with Crippen LogP contribution in [0.2, 0.25) is 0 Å². The predicted octanol–water partition coefficient (Wildman–Crippen LogP) is 2.14. The number of nitrogens with two attached hydrogens (primary N) is 1. The van der Waals surface area contributed by atoms with Crippen LogP contribution in [0.4, 0.5) is 0 Å². The summed E-state index contributed by atoms with van der Waals surface area (Å²) < 4.78 is 11.1. The molecule has 0 radical (unpaired) electrons. The van der Waals surface area contributed by atoms with Gasteiger partial charge in [0.2, 0.25) is 0 Å². The zero-order chi connectivity index (χ0) is 15.1. The van der Waals surface area contributed by atoms with Crippen molar-refractivity contribution in [2.45, 2.75) is 13.2 Å². The summed E-state index contributed by atoms with van der Waals surface area (Å²) in [5, 5.41) is 11.1. The Morgan fingerprint density at radius 2 is 2.14 bits per heavy atom. The van der Waals surface area contributed by atoms with Gasteiger partial charge in [0.05, 0.1) is 25.1 Å². The zero-order valence-corrected chi connectivity index (χ0v) is 12.6. The highest BCUT2D eigenvalue weighted by Gasteiger charge is 2.08. The Morgan fingerprint density at radius 3 is 2.86 bits per heavy atom. The number of benzene rings is 1. The predicted molar refractivity (Wildman–Crippen MR) is 83.5 cm³/mol. The summed E-state index contributed by atoms with van der Waals surface area (Å²) in [6, 6.07) is 7.32. The number of thiophene rings is 1. The van der Waals surface area contributed by atoms with Crippen LogP contribution in [0.15, 0.2) is 29.6 Å². The SMILES string of the molecule is COc1cc(CO)ccc1OCc1sccc1C#CCN. The maximum absolute atomic E-state index is 9.13. The summed E-state index contributed by atoms with van der Waals surface area (Å²) in [7, 11) is 1.58. The van der Waals surface area contributed by atoms with E-state index in [0.29, 0.717) is 24.7 Å². The molecule has 110 valence electrons. The van der Waals surface area contributed by atoms with Crippen molar-refractivity contribution in [2.75, 3.05) is 13.7 Å². The first-order valence-electron chi connectivity index (χ1n) is 6.44. The fraction of sp³-hybridized carbons (Fsp3) is 0.250. The van der Waals surface area contributed by atoms with Gasteiger partial charge in [-0.2, -0.15) is 0 Å². The first-order chi connectivity index (χ1) is 10.3. The van der Waals surface area contributed by atoms with Crippen LogP contribution in [-0.4, -0.2) is 18.8 Å². The van der Waals surface area contributed by atoms with Gasteiger partial charge in [0.1, 0.15) is 6.61 Å². The van der Waals surface area contributed by atoms with Crippen LogP contribution in [0.3, 0.4) is 0 Å². The number of aliphatic hydroxyl groups is 1. The molecule has 2 aromatic rings. The Balaban J connectivity index is 2.11.